The zero-order valence-corrected chi connectivity index (χ0v) is 30.0. The number of carbonyl (C=O) groups excluding carboxylic acids is 1. The van der Waals surface area contributed by atoms with E-state index in [4.69, 9.17) is 37.7 Å². The van der Waals surface area contributed by atoms with Crippen molar-refractivity contribution in [3.05, 3.63) is 87.4 Å². The lowest BCUT2D eigenvalue weighted by molar-refractivity contribution is -0.119. The van der Waals surface area contributed by atoms with E-state index >= 15 is 0 Å². The van der Waals surface area contributed by atoms with Crippen LogP contribution in [0.2, 0.25) is 10.0 Å². The van der Waals surface area contributed by atoms with Crippen molar-refractivity contribution < 1.29 is 19.4 Å². The monoisotopic (exact) mass is 702 g/mol. The lowest BCUT2D eigenvalue weighted by Crippen LogP contribution is -2.35. The molecule has 3 aromatic carbocycles. The van der Waals surface area contributed by atoms with Gasteiger partial charge in [-0.3, -0.25) is 9.69 Å². The molecule has 0 radical (unpaired) electrons. The number of aromatic nitrogens is 1. The van der Waals surface area contributed by atoms with Gasteiger partial charge in [0.05, 0.1) is 35.6 Å². The molecule has 1 aromatic heterocycles. The van der Waals surface area contributed by atoms with Crippen LogP contribution in [0.4, 0.5) is 0 Å². The lowest BCUT2D eigenvalue weighted by Gasteiger charge is -2.32. The Kier molecular flexibility index (Phi) is 10.8. The van der Waals surface area contributed by atoms with Gasteiger partial charge in [0, 0.05) is 78.6 Å². The molecule has 1 atom stereocenters. The lowest BCUT2D eigenvalue weighted by atomic mass is 9.91. The number of hydrogen-bond acceptors (Lipinski definition) is 7. The second kappa shape index (κ2) is 15.1. The molecule has 0 bridgehead atoms. The Morgan fingerprint density at radius 3 is 2.37 bits per heavy atom. The Labute approximate surface area is 298 Å². The van der Waals surface area contributed by atoms with Gasteiger partial charge in [-0.25, -0.2) is 4.98 Å². The quantitative estimate of drug-likeness (QED) is 0.143. The number of amides is 1. The van der Waals surface area contributed by atoms with Crippen molar-refractivity contribution in [1.29, 1.82) is 0 Å². The molecule has 49 heavy (non-hydrogen) atoms. The second-order valence-corrected chi connectivity index (χ2v) is 14.3. The number of hydrogen-bond donors (Lipinski definition) is 3. The SMILES string of the molecule is COc1cc(-c2cccc(-c3cccc(-c4ccc(CNC[C@H]5CCC(=O)N5)c(OC)n4)c3Cl)c2Cl)cc2c1CN(CCC(C)(C)O)CC2. The Balaban J connectivity index is 1.25. The van der Waals surface area contributed by atoms with Crippen LogP contribution in [0.15, 0.2) is 60.7 Å². The van der Waals surface area contributed by atoms with E-state index in [0.717, 1.165) is 71.6 Å². The van der Waals surface area contributed by atoms with E-state index in [1.54, 1.807) is 14.2 Å². The number of aliphatic hydroxyl groups is 1. The summed E-state index contributed by atoms with van der Waals surface area (Å²) in [5, 5.41) is 17.8. The number of ether oxygens (including phenoxy) is 2. The van der Waals surface area contributed by atoms with Gasteiger partial charge in [0.2, 0.25) is 11.8 Å². The Morgan fingerprint density at radius 1 is 0.980 bits per heavy atom. The third-order valence-corrected chi connectivity index (χ3v) is 10.3. The molecule has 1 amide bonds. The Morgan fingerprint density at radius 2 is 1.69 bits per heavy atom. The van der Waals surface area contributed by atoms with Crippen LogP contribution in [0.3, 0.4) is 0 Å². The molecule has 3 N–H and O–H groups in total. The number of methoxy groups -OCH3 is 2. The first-order chi connectivity index (χ1) is 23.5. The van der Waals surface area contributed by atoms with Gasteiger partial charge in [-0.05, 0) is 56.4 Å². The third-order valence-electron chi connectivity index (χ3n) is 9.44. The minimum atomic E-state index is -0.693. The number of fused-ring (bicyclic) bond motifs is 1. The summed E-state index contributed by atoms with van der Waals surface area (Å²) in [6, 6.07) is 20.3. The molecular weight excluding hydrogens is 659 g/mol. The summed E-state index contributed by atoms with van der Waals surface area (Å²) >= 11 is 14.3. The van der Waals surface area contributed by atoms with E-state index in [-0.39, 0.29) is 11.9 Å². The highest BCUT2D eigenvalue weighted by molar-refractivity contribution is 6.39. The van der Waals surface area contributed by atoms with Crippen LogP contribution in [0, 0.1) is 0 Å². The van der Waals surface area contributed by atoms with Gasteiger partial charge in [-0.2, -0.15) is 0 Å². The second-order valence-electron chi connectivity index (χ2n) is 13.5. The standard InChI is InChI=1S/C39H44Cl2N4O4/c1-39(2,47)16-18-45-17-15-24-19-26(20-34(48-3)32(24)23-45)28-7-5-8-29(36(28)40)30-9-6-10-31(37(30)41)33-13-11-25(38(44-33)49-4)21-42-22-27-12-14-35(46)43-27/h5-11,13,19-20,27,42,47H,12,14-18,21-23H2,1-4H3,(H,43,46)/t27-/m1/s1. The van der Waals surface area contributed by atoms with Gasteiger partial charge in [0.15, 0.2) is 0 Å². The Hall–Kier alpha value is -3.66. The van der Waals surface area contributed by atoms with E-state index in [1.165, 1.54) is 11.1 Å². The van der Waals surface area contributed by atoms with Gasteiger partial charge in [0.1, 0.15) is 5.75 Å². The topological polar surface area (TPSA) is 96.0 Å². The predicted octanol–water partition coefficient (Wildman–Crippen LogP) is 7.29. The number of nitrogens with zero attached hydrogens (tertiary/aromatic N) is 2. The minimum absolute atomic E-state index is 0.105. The number of carbonyl (C=O) groups is 1. The summed E-state index contributed by atoms with van der Waals surface area (Å²) in [4.78, 5) is 18.7. The van der Waals surface area contributed by atoms with Crippen molar-refractivity contribution in [3.8, 4) is 45.1 Å². The first kappa shape index (κ1) is 35.2. The fraction of sp³-hybridized carbons (Fsp3) is 0.385. The van der Waals surface area contributed by atoms with E-state index < -0.39 is 5.60 Å². The average molecular weight is 704 g/mol. The van der Waals surface area contributed by atoms with Crippen LogP contribution in [0.1, 0.15) is 49.8 Å². The van der Waals surface area contributed by atoms with Crippen molar-refractivity contribution in [2.75, 3.05) is 33.9 Å². The zero-order valence-electron chi connectivity index (χ0n) is 28.5. The van der Waals surface area contributed by atoms with Gasteiger partial charge >= 0.3 is 0 Å². The zero-order chi connectivity index (χ0) is 34.7. The Bertz CT molecular complexity index is 1820. The smallest absolute Gasteiger partial charge is 0.220 e. The molecule has 1 saturated heterocycles. The molecule has 0 unspecified atom stereocenters. The number of halogens is 2. The summed E-state index contributed by atoms with van der Waals surface area (Å²) in [6.45, 7) is 7.48. The van der Waals surface area contributed by atoms with Crippen LogP contribution >= 0.6 is 23.2 Å². The van der Waals surface area contributed by atoms with E-state index in [9.17, 15) is 9.90 Å². The van der Waals surface area contributed by atoms with Crippen molar-refractivity contribution in [3.63, 3.8) is 0 Å². The summed E-state index contributed by atoms with van der Waals surface area (Å²) in [6.07, 6.45) is 3.02. The number of rotatable bonds is 12. The van der Waals surface area contributed by atoms with Crippen LogP contribution < -0.4 is 20.1 Å². The third kappa shape index (κ3) is 8.05. The molecule has 3 heterocycles. The average Bonchev–Trinajstić information content (AvgIpc) is 3.51. The van der Waals surface area contributed by atoms with Gasteiger partial charge in [0.25, 0.3) is 0 Å². The first-order valence-electron chi connectivity index (χ1n) is 16.8. The van der Waals surface area contributed by atoms with E-state index in [1.807, 2.05) is 62.4 Å². The van der Waals surface area contributed by atoms with Crippen molar-refractivity contribution in [2.45, 2.75) is 64.3 Å². The highest BCUT2D eigenvalue weighted by Gasteiger charge is 2.25. The molecule has 1 fully saturated rings. The molecule has 0 spiro atoms. The highest BCUT2D eigenvalue weighted by atomic mass is 35.5. The molecule has 8 nitrogen and oxygen atoms in total. The maximum atomic E-state index is 11.5. The first-order valence-corrected chi connectivity index (χ1v) is 17.6. The van der Waals surface area contributed by atoms with Crippen molar-refractivity contribution >= 4 is 29.1 Å². The number of nitrogens with one attached hydrogen (secondary N) is 2. The van der Waals surface area contributed by atoms with E-state index in [2.05, 4.69) is 27.7 Å². The fourth-order valence-electron chi connectivity index (χ4n) is 6.69. The van der Waals surface area contributed by atoms with Gasteiger partial charge < -0.3 is 25.2 Å². The van der Waals surface area contributed by atoms with Crippen molar-refractivity contribution in [1.82, 2.24) is 20.5 Å². The maximum absolute atomic E-state index is 11.5. The largest absolute Gasteiger partial charge is 0.496 e. The number of benzene rings is 3. The van der Waals surface area contributed by atoms with E-state index in [0.29, 0.717) is 47.6 Å². The summed E-state index contributed by atoms with van der Waals surface area (Å²) in [5.41, 5.74) is 7.65. The molecule has 2 aliphatic heterocycles. The molecule has 258 valence electrons. The highest BCUT2D eigenvalue weighted by Crippen LogP contribution is 2.44. The van der Waals surface area contributed by atoms with Crippen molar-refractivity contribution in [2.24, 2.45) is 0 Å². The fourth-order valence-corrected chi connectivity index (χ4v) is 7.35. The number of pyridine rings is 1. The molecule has 6 rings (SSSR count). The van der Waals surface area contributed by atoms with Crippen LogP contribution in [0.5, 0.6) is 11.6 Å². The van der Waals surface area contributed by atoms with Crippen LogP contribution in [-0.4, -0.2) is 66.4 Å². The predicted molar refractivity (Wildman–Crippen MR) is 196 cm³/mol. The summed E-state index contributed by atoms with van der Waals surface area (Å²) in [7, 11) is 3.32. The molecule has 0 aliphatic carbocycles. The molecule has 4 aromatic rings. The molecular formula is C39H44Cl2N4O4. The normalized spacial score (nSPS) is 16.4. The molecule has 2 aliphatic rings. The van der Waals surface area contributed by atoms with Crippen LogP contribution in [0.25, 0.3) is 33.5 Å². The minimum Gasteiger partial charge on any atom is -0.496 e. The summed E-state index contributed by atoms with van der Waals surface area (Å²) in [5.74, 6) is 1.46. The maximum Gasteiger partial charge on any atom is 0.220 e. The summed E-state index contributed by atoms with van der Waals surface area (Å²) < 4.78 is 11.6. The van der Waals surface area contributed by atoms with Gasteiger partial charge in [-0.15, -0.1) is 0 Å². The molecule has 10 heteroatoms. The van der Waals surface area contributed by atoms with Crippen LogP contribution in [-0.2, 0) is 24.3 Å². The van der Waals surface area contributed by atoms with Gasteiger partial charge in [-0.1, -0.05) is 71.7 Å². The molecule has 0 saturated carbocycles.